The molecule has 2 aromatic rings. The molecule has 0 aliphatic carbocycles. The Balaban J connectivity index is 2.48. The molecule has 0 saturated heterocycles. The number of para-hydroxylation sites is 1. The molecular weight excluding hydrogens is 190 g/mol. The highest BCUT2D eigenvalue weighted by molar-refractivity contribution is 5.85. The SMILES string of the molecule is Cc1cn(CC(=O)NN)c2ccccc12. The van der Waals surface area contributed by atoms with Crippen molar-refractivity contribution in [3.63, 3.8) is 0 Å². The van der Waals surface area contributed by atoms with E-state index in [1.54, 1.807) is 0 Å². The van der Waals surface area contributed by atoms with Gasteiger partial charge in [0.1, 0.15) is 6.54 Å². The summed E-state index contributed by atoms with van der Waals surface area (Å²) in [5, 5.41) is 1.17. The number of hydrogen-bond acceptors (Lipinski definition) is 2. The maximum Gasteiger partial charge on any atom is 0.253 e. The standard InChI is InChI=1S/C11H13N3O/c1-8-6-14(7-11(15)13-12)10-5-3-2-4-9(8)10/h2-6H,7,12H2,1H3,(H,13,15). The largest absolute Gasteiger partial charge is 0.338 e. The van der Waals surface area contributed by atoms with Gasteiger partial charge in [0.05, 0.1) is 0 Å². The summed E-state index contributed by atoms with van der Waals surface area (Å²) < 4.78 is 1.90. The Labute approximate surface area is 87.6 Å². The first-order valence-corrected chi connectivity index (χ1v) is 4.76. The maximum absolute atomic E-state index is 11.2. The Morgan fingerprint density at radius 1 is 1.47 bits per heavy atom. The molecule has 1 aromatic carbocycles. The topological polar surface area (TPSA) is 60.0 Å². The van der Waals surface area contributed by atoms with E-state index in [4.69, 9.17) is 5.84 Å². The Morgan fingerprint density at radius 2 is 2.20 bits per heavy atom. The van der Waals surface area contributed by atoms with E-state index in [0.717, 1.165) is 11.1 Å². The van der Waals surface area contributed by atoms with E-state index in [0.29, 0.717) is 0 Å². The van der Waals surface area contributed by atoms with E-state index in [1.165, 1.54) is 5.39 Å². The number of amides is 1. The number of aryl methyl sites for hydroxylation is 1. The van der Waals surface area contributed by atoms with Crippen LogP contribution in [0.5, 0.6) is 0 Å². The predicted octanol–water partition coefficient (Wildman–Crippen LogP) is 0.940. The zero-order valence-electron chi connectivity index (χ0n) is 8.53. The first-order chi connectivity index (χ1) is 7.22. The van der Waals surface area contributed by atoms with Crippen LogP contribution in [-0.2, 0) is 11.3 Å². The molecule has 78 valence electrons. The highest BCUT2D eigenvalue weighted by Gasteiger charge is 2.06. The van der Waals surface area contributed by atoms with Crippen molar-refractivity contribution in [2.45, 2.75) is 13.5 Å². The first-order valence-electron chi connectivity index (χ1n) is 4.76. The van der Waals surface area contributed by atoms with Gasteiger partial charge in [0.15, 0.2) is 0 Å². The fourth-order valence-corrected chi connectivity index (χ4v) is 1.76. The minimum Gasteiger partial charge on any atom is -0.338 e. The van der Waals surface area contributed by atoms with Crippen molar-refractivity contribution in [1.82, 2.24) is 9.99 Å². The lowest BCUT2D eigenvalue weighted by atomic mass is 10.2. The highest BCUT2D eigenvalue weighted by Crippen LogP contribution is 2.19. The summed E-state index contributed by atoms with van der Waals surface area (Å²) in [4.78, 5) is 11.2. The molecule has 1 heterocycles. The van der Waals surface area contributed by atoms with Crippen LogP contribution in [0.1, 0.15) is 5.56 Å². The number of hydrogen-bond donors (Lipinski definition) is 2. The third kappa shape index (κ3) is 1.71. The van der Waals surface area contributed by atoms with Crippen LogP contribution in [0.15, 0.2) is 30.5 Å². The van der Waals surface area contributed by atoms with Crippen LogP contribution in [0.4, 0.5) is 0 Å². The van der Waals surface area contributed by atoms with E-state index in [2.05, 4.69) is 5.43 Å². The number of nitrogens with one attached hydrogen (secondary N) is 1. The third-order valence-electron chi connectivity index (χ3n) is 2.46. The van der Waals surface area contributed by atoms with Gasteiger partial charge in [0.25, 0.3) is 5.91 Å². The summed E-state index contributed by atoms with van der Waals surface area (Å²) in [6, 6.07) is 7.98. The first kappa shape index (κ1) is 9.73. The molecule has 0 fully saturated rings. The number of aromatic nitrogens is 1. The summed E-state index contributed by atoms with van der Waals surface area (Å²) in [6.45, 7) is 2.28. The van der Waals surface area contributed by atoms with Crippen molar-refractivity contribution < 1.29 is 4.79 Å². The second-order valence-corrected chi connectivity index (χ2v) is 3.52. The molecule has 15 heavy (non-hydrogen) atoms. The summed E-state index contributed by atoms with van der Waals surface area (Å²) in [6.07, 6.45) is 1.96. The monoisotopic (exact) mass is 203 g/mol. The van der Waals surface area contributed by atoms with Crippen LogP contribution >= 0.6 is 0 Å². The number of benzene rings is 1. The zero-order valence-corrected chi connectivity index (χ0v) is 8.53. The van der Waals surface area contributed by atoms with E-state index in [-0.39, 0.29) is 12.5 Å². The van der Waals surface area contributed by atoms with Gasteiger partial charge in [-0.3, -0.25) is 10.2 Å². The molecule has 0 spiro atoms. The Bertz CT molecular complexity index is 502. The molecule has 0 radical (unpaired) electrons. The van der Waals surface area contributed by atoms with Gasteiger partial charge < -0.3 is 4.57 Å². The molecule has 4 heteroatoms. The van der Waals surface area contributed by atoms with Crippen molar-refractivity contribution >= 4 is 16.8 Å². The quantitative estimate of drug-likeness (QED) is 0.433. The van der Waals surface area contributed by atoms with Crippen LogP contribution in [0.2, 0.25) is 0 Å². The number of nitrogens with two attached hydrogens (primary N) is 1. The van der Waals surface area contributed by atoms with E-state index >= 15 is 0 Å². The normalized spacial score (nSPS) is 10.5. The van der Waals surface area contributed by atoms with Crippen LogP contribution in [0, 0.1) is 6.92 Å². The average Bonchev–Trinajstić information content (AvgIpc) is 2.57. The molecule has 2 rings (SSSR count). The number of rotatable bonds is 2. The van der Waals surface area contributed by atoms with Gasteiger partial charge in [-0.2, -0.15) is 0 Å². The van der Waals surface area contributed by atoms with Crippen molar-refractivity contribution in [1.29, 1.82) is 0 Å². The minimum atomic E-state index is -0.198. The summed E-state index contributed by atoms with van der Waals surface area (Å²) >= 11 is 0. The van der Waals surface area contributed by atoms with Gasteiger partial charge in [-0.05, 0) is 18.6 Å². The molecule has 0 aliphatic rings. The Kier molecular flexibility index (Phi) is 2.43. The molecule has 0 aliphatic heterocycles. The zero-order chi connectivity index (χ0) is 10.8. The second kappa shape index (κ2) is 3.74. The van der Waals surface area contributed by atoms with E-state index in [9.17, 15) is 4.79 Å². The molecule has 1 aromatic heterocycles. The Hall–Kier alpha value is -1.81. The molecule has 4 nitrogen and oxygen atoms in total. The molecule has 0 saturated carbocycles. The fourth-order valence-electron chi connectivity index (χ4n) is 1.76. The number of hydrazine groups is 1. The van der Waals surface area contributed by atoms with Crippen LogP contribution in [0.25, 0.3) is 10.9 Å². The molecule has 0 bridgehead atoms. The van der Waals surface area contributed by atoms with Crippen molar-refractivity contribution in [3.05, 3.63) is 36.0 Å². The lowest BCUT2D eigenvalue weighted by Crippen LogP contribution is -2.33. The number of fused-ring (bicyclic) bond motifs is 1. The second-order valence-electron chi connectivity index (χ2n) is 3.52. The highest BCUT2D eigenvalue weighted by atomic mass is 16.2. The Morgan fingerprint density at radius 3 is 2.93 bits per heavy atom. The fraction of sp³-hybridized carbons (Fsp3) is 0.182. The van der Waals surface area contributed by atoms with Crippen molar-refractivity contribution in [2.75, 3.05) is 0 Å². The van der Waals surface area contributed by atoms with Crippen LogP contribution < -0.4 is 11.3 Å². The maximum atomic E-state index is 11.2. The molecule has 0 unspecified atom stereocenters. The van der Waals surface area contributed by atoms with Gasteiger partial charge in [-0.15, -0.1) is 0 Å². The summed E-state index contributed by atoms with van der Waals surface area (Å²) in [5.74, 6) is 4.86. The lowest BCUT2D eigenvalue weighted by molar-refractivity contribution is -0.121. The van der Waals surface area contributed by atoms with Crippen LogP contribution in [-0.4, -0.2) is 10.5 Å². The smallest absolute Gasteiger partial charge is 0.253 e. The predicted molar refractivity (Wildman–Crippen MR) is 59.0 cm³/mol. The molecular formula is C11H13N3O. The van der Waals surface area contributed by atoms with Crippen molar-refractivity contribution in [2.24, 2.45) is 5.84 Å². The van der Waals surface area contributed by atoms with Gasteiger partial charge in [-0.25, -0.2) is 5.84 Å². The number of nitrogens with zero attached hydrogens (tertiary/aromatic N) is 1. The molecule has 0 atom stereocenters. The van der Waals surface area contributed by atoms with Gasteiger partial charge in [0, 0.05) is 17.1 Å². The minimum absolute atomic E-state index is 0.198. The average molecular weight is 203 g/mol. The van der Waals surface area contributed by atoms with Gasteiger partial charge in [-0.1, -0.05) is 18.2 Å². The van der Waals surface area contributed by atoms with Gasteiger partial charge >= 0.3 is 0 Å². The summed E-state index contributed by atoms with van der Waals surface area (Å²) in [5.41, 5.74) is 4.34. The van der Waals surface area contributed by atoms with Crippen molar-refractivity contribution in [3.8, 4) is 0 Å². The number of carbonyl (C=O) groups is 1. The van der Waals surface area contributed by atoms with Gasteiger partial charge in [0.2, 0.25) is 0 Å². The van der Waals surface area contributed by atoms with E-state index in [1.807, 2.05) is 42.0 Å². The third-order valence-corrected chi connectivity index (χ3v) is 2.46. The molecule has 3 N–H and O–H groups in total. The lowest BCUT2D eigenvalue weighted by Gasteiger charge is -2.03. The molecule has 1 amide bonds. The summed E-state index contributed by atoms with van der Waals surface area (Å²) in [7, 11) is 0. The van der Waals surface area contributed by atoms with Crippen LogP contribution in [0.3, 0.4) is 0 Å². The van der Waals surface area contributed by atoms with E-state index < -0.39 is 0 Å². The number of carbonyl (C=O) groups excluding carboxylic acids is 1.